The van der Waals surface area contributed by atoms with Crippen LogP contribution in [0.2, 0.25) is 0 Å². The Labute approximate surface area is 261 Å². The van der Waals surface area contributed by atoms with E-state index in [1.54, 1.807) is 43.3 Å². The number of benzene rings is 3. The van der Waals surface area contributed by atoms with Crippen LogP contribution in [0.1, 0.15) is 23.3 Å². The highest BCUT2D eigenvalue weighted by Gasteiger charge is 2.57. The third-order valence-electron chi connectivity index (χ3n) is 7.21. The molecule has 13 heteroatoms. The van der Waals surface area contributed by atoms with Crippen molar-refractivity contribution in [2.45, 2.75) is 29.7 Å². The van der Waals surface area contributed by atoms with Gasteiger partial charge in [-0.15, -0.1) is 0 Å². The van der Waals surface area contributed by atoms with Gasteiger partial charge in [-0.2, -0.15) is 0 Å². The predicted octanol–water partition coefficient (Wildman–Crippen LogP) is 5.35. The first kappa shape index (κ1) is 29.1. The number of phenolic OH excluding ortho intramolecular Hbond substituents is 1. The van der Waals surface area contributed by atoms with Crippen LogP contribution in [0.15, 0.2) is 81.0 Å². The molecule has 3 heterocycles. The van der Waals surface area contributed by atoms with Gasteiger partial charge >= 0.3 is 4.87 Å². The Morgan fingerprint density at radius 2 is 1.77 bits per heavy atom. The van der Waals surface area contributed by atoms with Crippen LogP contribution in [0.3, 0.4) is 0 Å². The topological polar surface area (TPSA) is 118 Å². The number of aromatic hydroxyl groups is 1. The number of fused-ring (bicyclic) bond motifs is 2. The molecule has 220 valence electrons. The molecule has 0 bridgehead atoms. The lowest BCUT2D eigenvalue weighted by Gasteiger charge is -2.31. The lowest BCUT2D eigenvalue weighted by Crippen LogP contribution is -2.33. The molecule has 0 aliphatic carbocycles. The molecule has 1 saturated heterocycles. The molecule has 1 aromatic heterocycles. The maximum atomic E-state index is 14.0. The SMILES string of the molecule is CCOc1cc([C@@H]2c3sc(=O)n(CC(=O)Nc4ccc(F)cc4)c3SC3C(=O)N(c4ccc(Br)cc4)C(=O)C32)ccc1O. The lowest BCUT2D eigenvalue weighted by atomic mass is 9.83. The van der Waals surface area contributed by atoms with Crippen LogP contribution >= 0.6 is 39.0 Å². The molecule has 9 nitrogen and oxygen atoms in total. The predicted molar refractivity (Wildman–Crippen MR) is 164 cm³/mol. The van der Waals surface area contributed by atoms with Gasteiger partial charge in [0.25, 0.3) is 0 Å². The van der Waals surface area contributed by atoms with Crippen LogP contribution in [-0.4, -0.2) is 39.3 Å². The number of hydrogen-bond acceptors (Lipinski definition) is 8. The Balaban J connectivity index is 1.43. The summed E-state index contributed by atoms with van der Waals surface area (Å²) in [6, 6.07) is 16.8. The van der Waals surface area contributed by atoms with Gasteiger partial charge < -0.3 is 15.2 Å². The Morgan fingerprint density at radius 1 is 1.05 bits per heavy atom. The number of ether oxygens (including phenoxy) is 1. The number of carbonyl (C=O) groups is 3. The third kappa shape index (κ3) is 5.36. The van der Waals surface area contributed by atoms with Gasteiger partial charge in [0.1, 0.15) is 17.6 Å². The molecule has 6 rings (SSSR count). The summed E-state index contributed by atoms with van der Waals surface area (Å²) < 4.78 is 21.0. The summed E-state index contributed by atoms with van der Waals surface area (Å²) >= 11 is 5.38. The zero-order chi connectivity index (χ0) is 30.4. The minimum absolute atomic E-state index is 0.0823. The number of nitrogens with zero attached hydrogens (tertiary/aromatic N) is 2. The van der Waals surface area contributed by atoms with Crippen molar-refractivity contribution in [1.29, 1.82) is 0 Å². The number of thiazole rings is 1. The van der Waals surface area contributed by atoms with E-state index in [1.165, 1.54) is 39.8 Å². The van der Waals surface area contributed by atoms with E-state index in [0.29, 0.717) is 26.8 Å². The van der Waals surface area contributed by atoms with E-state index in [-0.39, 0.29) is 24.7 Å². The largest absolute Gasteiger partial charge is 0.504 e. The first-order chi connectivity index (χ1) is 20.7. The van der Waals surface area contributed by atoms with Crippen LogP contribution < -0.4 is 19.8 Å². The number of thioether (sulfide) groups is 1. The van der Waals surface area contributed by atoms with Gasteiger partial charge in [0.05, 0.1) is 23.2 Å². The molecular formula is C30H23BrFN3O6S2. The summed E-state index contributed by atoms with van der Waals surface area (Å²) in [4.78, 5) is 55.5. The van der Waals surface area contributed by atoms with Crippen molar-refractivity contribution < 1.29 is 28.6 Å². The minimum Gasteiger partial charge on any atom is -0.504 e. The Kier molecular flexibility index (Phi) is 7.88. The molecule has 2 unspecified atom stereocenters. The third-order valence-corrected chi connectivity index (χ3v) is 10.3. The lowest BCUT2D eigenvalue weighted by molar-refractivity contribution is -0.122. The Hall–Kier alpha value is -3.94. The van der Waals surface area contributed by atoms with E-state index < -0.39 is 45.5 Å². The monoisotopic (exact) mass is 683 g/mol. The second-order valence-electron chi connectivity index (χ2n) is 9.87. The highest BCUT2D eigenvalue weighted by Crippen LogP contribution is 2.54. The quantitative estimate of drug-likeness (QED) is 0.252. The van der Waals surface area contributed by atoms with Crippen molar-refractivity contribution in [3.05, 3.63) is 97.1 Å². The maximum absolute atomic E-state index is 14.0. The van der Waals surface area contributed by atoms with Crippen molar-refractivity contribution in [1.82, 2.24) is 4.57 Å². The number of nitrogens with one attached hydrogen (secondary N) is 1. The van der Waals surface area contributed by atoms with Gasteiger partial charge in [0.15, 0.2) is 11.5 Å². The Morgan fingerprint density at radius 3 is 2.47 bits per heavy atom. The first-order valence-electron chi connectivity index (χ1n) is 13.2. The minimum atomic E-state index is -0.876. The second kappa shape index (κ2) is 11.6. The number of anilines is 2. The summed E-state index contributed by atoms with van der Waals surface area (Å²) in [5.74, 6) is -3.25. The highest BCUT2D eigenvalue weighted by molar-refractivity contribution is 9.10. The standard InChI is InChI=1S/C30H23BrFN3O6S2/c1-2-41-21-13-15(3-12-20(21)36)23-24-25(28(39)35(27(24)38)19-10-4-16(31)5-11-19)42-29-26(23)43-30(40)34(29)14-22(37)33-18-8-6-17(32)7-9-18/h3-13,23-25,36H,2,14H2,1H3,(H,33,37)/t23-,24?,25?/m0/s1. The number of aromatic nitrogens is 1. The highest BCUT2D eigenvalue weighted by atomic mass is 79.9. The van der Waals surface area contributed by atoms with Crippen molar-refractivity contribution in [2.75, 3.05) is 16.8 Å². The average Bonchev–Trinajstić information content (AvgIpc) is 3.42. The molecule has 2 N–H and O–H groups in total. The summed E-state index contributed by atoms with van der Waals surface area (Å²) in [5, 5.41) is 12.6. The smallest absolute Gasteiger partial charge is 0.308 e. The van der Waals surface area contributed by atoms with E-state index in [9.17, 15) is 28.7 Å². The van der Waals surface area contributed by atoms with Crippen molar-refractivity contribution in [3.63, 3.8) is 0 Å². The van der Waals surface area contributed by atoms with Crippen molar-refractivity contribution in [3.8, 4) is 11.5 Å². The van der Waals surface area contributed by atoms with Gasteiger partial charge in [-0.3, -0.25) is 23.7 Å². The molecule has 0 saturated carbocycles. The fourth-order valence-corrected chi connectivity index (χ4v) is 8.37. The maximum Gasteiger partial charge on any atom is 0.308 e. The molecule has 3 atom stereocenters. The van der Waals surface area contributed by atoms with Crippen molar-refractivity contribution in [2.24, 2.45) is 5.92 Å². The molecule has 1 fully saturated rings. The van der Waals surface area contributed by atoms with E-state index in [1.807, 2.05) is 0 Å². The number of carbonyl (C=O) groups excluding carboxylic acids is 3. The van der Waals surface area contributed by atoms with E-state index in [4.69, 9.17) is 4.74 Å². The molecule has 0 radical (unpaired) electrons. The first-order valence-corrected chi connectivity index (χ1v) is 15.7. The van der Waals surface area contributed by atoms with Crippen LogP contribution in [0.4, 0.5) is 15.8 Å². The van der Waals surface area contributed by atoms with Crippen LogP contribution in [0, 0.1) is 11.7 Å². The van der Waals surface area contributed by atoms with Crippen LogP contribution in [0.25, 0.3) is 0 Å². The van der Waals surface area contributed by atoms with E-state index >= 15 is 0 Å². The Bertz CT molecular complexity index is 1810. The molecule has 43 heavy (non-hydrogen) atoms. The average molecular weight is 685 g/mol. The number of hydrogen-bond donors (Lipinski definition) is 2. The van der Waals surface area contributed by atoms with Crippen LogP contribution in [0.5, 0.6) is 11.5 Å². The normalized spacial score (nSPS) is 19.2. The van der Waals surface area contributed by atoms with Crippen LogP contribution in [-0.2, 0) is 20.9 Å². The van der Waals surface area contributed by atoms with Gasteiger partial charge in [0.2, 0.25) is 17.7 Å². The number of halogens is 2. The molecular weight excluding hydrogens is 661 g/mol. The van der Waals surface area contributed by atoms with Crippen molar-refractivity contribution >= 4 is 68.1 Å². The molecule has 4 aromatic rings. The summed E-state index contributed by atoms with van der Waals surface area (Å²) in [6.45, 7) is 1.71. The number of imide groups is 1. The fraction of sp³-hybridized carbons (Fsp3) is 0.200. The number of rotatable bonds is 7. The molecule has 0 spiro atoms. The molecule has 2 aliphatic rings. The van der Waals surface area contributed by atoms with Gasteiger partial charge in [0, 0.05) is 21.0 Å². The van der Waals surface area contributed by atoms with Gasteiger partial charge in [-0.05, 0) is 73.2 Å². The molecule has 3 aromatic carbocycles. The summed E-state index contributed by atoms with van der Waals surface area (Å²) in [7, 11) is 0. The van der Waals surface area contributed by atoms with Gasteiger partial charge in [-0.25, -0.2) is 9.29 Å². The summed E-state index contributed by atoms with van der Waals surface area (Å²) in [5.41, 5.74) is 1.37. The second-order valence-corrected chi connectivity index (χ2v) is 12.9. The van der Waals surface area contributed by atoms with E-state index in [2.05, 4.69) is 21.2 Å². The number of phenols is 1. The summed E-state index contributed by atoms with van der Waals surface area (Å²) in [6.07, 6.45) is 0. The molecule has 2 aliphatic heterocycles. The number of amides is 3. The van der Waals surface area contributed by atoms with E-state index in [0.717, 1.165) is 27.6 Å². The zero-order valence-corrected chi connectivity index (χ0v) is 25.7. The van der Waals surface area contributed by atoms with Gasteiger partial charge in [-0.1, -0.05) is 45.1 Å². The molecule has 3 amide bonds. The zero-order valence-electron chi connectivity index (χ0n) is 22.5. The fourth-order valence-electron chi connectivity index (χ4n) is 5.33.